The SMILES string of the molecule is CCCCOc1c2c(c(OCCCC)c3ccccc13)SC(=C1Sc3c(c(OCCCC)c4ccccc4c3OCCCC)S1)S2. The van der Waals surface area contributed by atoms with E-state index < -0.39 is 0 Å². The maximum absolute atomic E-state index is 6.59. The van der Waals surface area contributed by atoms with Gasteiger partial charge in [-0.3, -0.25) is 0 Å². The fourth-order valence-electron chi connectivity index (χ4n) is 5.46. The van der Waals surface area contributed by atoms with Crippen molar-refractivity contribution in [2.75, 3.05) is 26.4 Å². The van der Waals surface area contributed by atoms with E-state index >= 15 is 0 Å². The second kappa shape index (κ2) is 16.2. The van der Waals surface area contributed by atoms with Crippen LogP contribution >= 0.6 is 47.0 Å². The van der Waals surface area contributed by atoms with Crippen molar-refractivity contribution in [2.45, 2.75) is 98.6 Å². The van der Waals surface area contributed by atoms with Gasteiger partial charge >= 0.3 is 0 Å². The Morgan fingerprint density at radius 3 is 0.848 bits per heavy atom. The van der Waals surface area contributed by atoms with E-state index in [4.69, 9.17) is 18.9 Å². The van der Waals surface area contributed by atoms with Crippen LogP contribution in [0.2, 0.25) is 0 Å². The summed E-state index contributed by atoms with van der Waals surface area (Å²) in [6, 6.07) is 17.1. The highest BCUT2D eigenvalue weighted by Gasteiger charge is 2.36. The Morgan fingerprint density at radius 2 is 0.630 bits per heavy atom. The number of hydrogen-bond donors (Lipinski definition) is 0. The minimum Gasteiger partial charge on any atom is -0.492 e. The van der Waals surface area contributed by atoms with Crippen LogP contribution < -0.4 is 18.9 Å². The van der Waals surface area contributed by atoms with Crippen molar-refractivity contribution >= 4 is 68.6 Å². The van der Waals surface area contributed by atoms with Crippen molar-refractivity contribution in [3.8, 4) is 23.0 Å². The van der Waals surface area contributed by atoms with E-state index in [1.54, 1.807) is 0 Å². The Morgan fingerprint density at radius 1 is 0.391 bits per heavy atom. The predicted octanol–water partition coefficient (Wildman–Crippen LogP) is 12.9. The molecule has 244 valence electrons. The van der Waals surface area contributed by atoms with Gasteiger partial charge in [0.1, 0.15) is 23.0 Å². The molecule has 8 heteroatoms. The first-order valence-corrected chi connectivity index (χ1v) is 20.1. The van der Waals surface area contributed by atoms with E-state index in [0.29, 0.717) is 26.4 Å². The highest BCUT2D eigenvalue weighted by Crippen LogP contribution is 2.68. The lowest BCUT2D eigenvalue weighted by Crippen LogP contribution is -2.02. The second-order valence-electron chi connectivity index (χ2n) is 11.5. The van der Waals surface area contributed by atoms with Crippen LogP contribution in [0.25, 0.3) is 21.5 Å². The molecule has 0 unspecified atom stereocenters. The zero-order chi connectivity index (χ0) is 31.9. The predicted molar refractivity (Wildman–Crippen MR) is 200 cm³/mol. The first-order chi connectivity index (χ1) is 22.7. The lowest BCUT2D eigenvalue weighted by atomic mass is 10.1. The van der Waals surface area contributed by atoms with Crippen LogP contribution in [0.5, 0.6) is 23.0 Å². The Bertz CT molecular complexity index is 1470. The van der Waals surface area contributed by atoms with Crippen molar-refractivity contribution in [2.24, 2.45) is 0 Å². The number of benzene rings is 4. The van der Waals surface area contributed by atoms with Gasteiger partial charge in [-0.05, 0) is 25.7 Å². The van der Waals surface area contributed by atoms with Gasteiger partial charge < -0.3 is 18.9 Å². The van der Waals surface area contributed by atoms with Crippen LogP contribution in [-0.2, 0) is 0 Å². The summed E-state index contributed by atoms with van der Waals surface area (Å²) < 4.78 is 28.9. The lowest BCUT2D eigenvalue weighted by molar-refractivity contribution is 0.294. The highest BCUT2D eigenvalue weighted by atomic mass is 32.2. The fraction of sp³-hybridized carbons (Fsp3) is 0.421. The molecule has 0 aliphatic carbocycles. The van der Waals surface area contributed by atoms with Crippen LogP contribution in [0.1, 0.15) is 79.1 Å². The minimum atomic E-state index is 0.707. The van der Waals surface area contributed by atoms with E-state index in [1.165, 1.54) is 28.1 Å². The normalized spacial score (nSPS) is 13.8. The number of thioether (sulfide) groups is 4. The van der Waals surface area contributed by atoms with Gasteiger partial charge in [0.15, 0.2) is 0 Å². The van der Waals surface area contributed by atoms with Crippen molar-refractivity contribution in [3.05, 3.63) is 57.0 Å². The average Bonchev–Trinajstić information content (AvgIpc) is 3.72. The Labute approximate surface area is 291 Å². The summed E-state index contributed by atoms with van der Waals surface area (Å²) in [7, 11) is 0. The first kappa shape index (κ1) is 33.6. The molecule has 0 bridgehead atoms. The van der Waals surface area contributed by atoms with Gasteiger partial charge in [0.25, 0.3) is 0 Å². The summed E-state index contributed by atoms with van der Waals surface area (Å²) in [6.07, 6.45) is 8.50. The monoisotopic (exact) mass is 692 g/mol. The van der Waals surface area contributed by atoms with E-state index in [2.05, 4.69) is 76.2 Å². The highest BCUT2D eigenvalue weighted by molar-refractivity contribution is 8.30. The molecule has 0 saturated heterocycles. The van der Waals surface area contributed by atoms with Crippen molar-refractivity contribution < 1.29 is 18.9 Å². The zero-order valence-electron chi connectivity index (χ0n) is 27.4. The molecular weight excluding hydrogens is 649 g/mol. The molecule has 2 aliphatic rings. The average molecular weight is 693 g/mol. The number of unbranched alkanes of at least 4 members (excludes halogenated alkanes) is 4. The van der Waals surface area contributed by atoms with Gasteiger partial charge in [0.05, 0.1) is 54.5 Å². The van der Waals surface area contributed by atoms with E-state index in [-0.39, 0.29) is 0 Å². The smallest absolute Gasteiger partial charge is 0.142 e. The molecule has 0 fully saturated rings. The second-order valence-corrected chi connectivity index (χ2v) is 16.1. The molecule has 0 saturated carbocycles. The molecule has 0 atom stereocenters. The van der Waals surface area contributed by atoms with Crippen LogP contribution in [0.3, 0.4) is 0 Å². The van der Waals surface area contributed by atoms with Crippen molar-refractivity contribution in [3.63, 3.8) is 0 Å². The van der Waals surface area contributed by atoms with Crippen molar-refractivity contribution in [1.82, 2.24) is 0 Å². The van der Waals surface area contributed by atoms with Gasteiger partial charge in [-0.1, -0.05) is 149 Å². The molecule has 0 amide bonds. The van der Waals surface area contributed by atoms with Crippen LogP contribution in [0.15, 0.2) is 76.6 Å². The summed E-state index contributed by atoms with van der Waals surface area (Å²) in [6.45, 7) is 11.7. The van der Waals surface area contributed by atoms with Crippen LogP contribution in [0, 0.1) is 0 Å². The molecule has 2 heterocycles. The van der Waals surface area contributed by atoms with Gasteiger partial charge in [-0.25, -0.2) is 0 Å². The molecule has 2 aliphatic heterocycles. The third kappa shape index (κ3) is 6.96. The summed E-state index contributed by atoms with van der Waals surface area (Å²) in [5, 5.41) is 4.51. The molecular formula is C38H44O4S4. The Hall–Kier alpha value is -2.26. The van der Waals surface area contributed by atoms with Crippen LogP contribution in [0.4, 0.5) is 0 Å². The molecule has 4 aromatic rings. The maximum Gasteiger partial charge on any atom is 0.142 e. The Balaban J connectivity index is 1.45. The third-order valence-electron chi connectivity index (χ3n) is 7.99. The van der Waals surface area contributed by atoms with Gasteiger partial charge in [0, 0.05) is 21.5 Å². The summed E-state index contributed by atoms with van der Waals surface area (Å²) >= 11 is 7.32. The summed E-state index contributed by atoms with van der Waals surface area (Å²) in [4.78, 5) is 4.70. The quantitative estimate of drug-likeness (QED) is 0.107. The molecule has 0 N–H and O–H groups in total. The molecule has 46 heavy (non-hydrogen) atoms. The molecule has 0 aromatic heterocycles. The third-order valence-corrected chi connectivity index (χ3v) is 13.7. The molecule has 0 radical (unpaired) electrons. The summed E-state index contributed by atoms with van der Waals surface area (Å²) in [5.74, 6) is 3.94. The number of ether oxygens (including phenoxy) is 4. The van der Waals surface area contributed by atoms with Crippen LogP contribution in [-0.4, -0.2) is 26.4 Å². The summed E-state index contributed by atoms with van der Waals surface area (Å²) in [5.41, 5.74) is 0. The van der Waals surface area contributed by atoms with Gasteiger partial charge in [-0.2, -0.15) is 0 Å². The fourth-order valence-corrected chi connectivity index (χ4v) is 11.2. The molecule has 0 spiro atoms. The largest absolute Gasteiger partial charge is 0.492 e. The lowest BCUT2D eigenvalue weighted by Gasteiger charge is -2.17. The Kier molecular flexibility index (Phi) is 11.9. The number of hydrogen-bond acceptors (Lipinski definition) is 8. The van der Waals surface area contributed by atoms with Crippen molar-refractivity contribution in [1.29, 1.82) is 0 Å². The maximum atomic E-state index is 6.59. The zero-order valence-corrected chi connectivity index (χ0v) is 30.6. The molecule has 6 rings (SSSR count). The standard InChI is InChI=1S/C38H44O4S4/c1-5-9-21-39-29-25-17-13-14-18-26(25)30(40-22-10-6-2)34-33(29)43-37(44-34)38-45-35-31(41-23-11-7-3)27-19-15-16-20-28(27)32(36(35)46-38)42-24-12-8-4/h13-20H,5-12,21-24H2,1-4H3. The molecule has 4 aromatic carbocycles. The minimum absolute atomic E-state index is 0.707. The van der Waals surface area contributed by atoms with Gasteiger partial charge in [-0.15, -0.1) is 0 Å². The number of fused-ring (bicyclic) bond motifs is 4. The first-order valence-electron chi connectivity index (χ1n) is 16.8. The van der Waals surface area contributed by atoms with E-state index in [0.717, 1.165) is 95.9 Å². The molecule has 4 nitrogen and oxygen atoms in total. The van der Waals surface area contributed by atoms with E-state index in [9.17, 15) is 0 Å². The van der Waals surface area contributed by atoms with Gasteiger partial charge in [0.2, 0.25) is 0 Å². The number of rotatable bonds is 16. The van der Waals surface area contributed by atoms with E-state index in [1.807, 2.05) is 47.0 Å². The topological polar surface area (TPSA) is 36.9 Å².